The topological polar surface area (TPSA) is 93.1 Å². The molecule has 0 amide bonds. The molecule has 0 radical (unpaired) electrons. The molecule has 0 aromatic rings. The van der Waals surface area contributed by atoms with Gasteiger partial charge in [0.2, 0.25) is 0 Å². The zero-order valence-corrected chi connectivity index (χ0v) is 18.8. The number of rotatable bonds is 17. The van der Waals surface area contributed by atoms with Gasteiger partial charge in [-0.2, -0.15) is 0 Å². The molecule has 0 aliphatic carbocycles. The molecule has 0 saturated heterocycles. The maximum Gasteiger partial charge on any atom is 0.306 e. The fraction of sp³-hybridized carbons (Fsp3) is 0.520. The Kier molecular flexibility index (Phi) is 19.2. The Balaban J connectivity index is 3.77. The van der Waals surface area contributed by atoms with E-state index in [1.54, 1.807) is 0 Å². The molecule has 6 nitrogen and oxygen atoms in total. The maximum atomic E-state index is 11.7. The van der Waals surface area contributed by atoms with Gasteiger partial charge in [-0.1, -0.05) is 67.7 Å². The van der Waals surface area contributed by atoms with Crippen molar-refractivity contribution in [2.45, 2.75) is 71.0 Å². The molecule has 1 unspecified atom stereocenters. The predicted octanol–water partition coefficient (Wildman–Crippen LogP) is 4.35. The SMILES string of the molecule is CC/C=C\C(O)C/C=C/C=C\C/C=C\C/C=C\CCCC(=O)O[C@@H](CO)COC(C)=O. The first-order valence-corrected chi connectivity index (χ1v) is 10.9. The van der Waals surface area contributed by atoms with E-state index in [-0.39, 0.29) is 19.6 Å². The summed E-state index contributed by atoms with van der Waals surface area (Å²) in [5.41, 5.74) is 0. The molecule has 0 aliphatic rings. The summed E-state index contributed by atoms with van der Waals surface area (Å²) in [5.74, 6) is -0.888. The number of ether oxygens (including phenoxy) is 2. The first-order chi connectivity index (χ1) is 15.0. The van der Waals surface area contributed by atoms with Crippen molar-refractivity contribution >= 4 is 11.9 Å². The Morgan fingerprint density at radius 3 is 2.32 bits per heavy atom. The molecule has 0 fully saturated rings. The van der Waals surface area contributed by atoms with E-state index in [0.717, 1.165) is 25.7 Å². The highest BCUT2D eigenvalue weighted by atomic mass is 16.6. The van der Waals surface area contributed by atoms with Crippen molar-refractivity contribution in [3.63, 3.8) is 0 Å². The van der Waals surface area contributed by atoms with Crippen LogP contribution in [0.1, 0.15) is 58.8 Å². The molecule has 0 spiro atoms. The van der Waals surface area contributed by atoms with Gasteiger partial charge in [0.1, 0.15) is 6.61 Å². The smallest absolute Gasteiger partial charge is 0.306 e. The van der Waals surface area contributed by atoms with Gasteiger partial charge >= 0.3 is 11.9 Å². The molecule has 6 heteroatoms. The van der Waals surface area contributed by atoms with E-state index in [4.69, 9.17) is 14.6 Å². The van der Waals surface area contributed by atoms with E-state index in [2.05, 4.69) is 18.2 Å². The lowest BCUT2D eigenvalue weighted by Crippen LogP contribution is -2.28. The van der Waals surface area contributed by atoms with Crippen LogP contribution < -0.4 is 0 Å². The average molecular weight is 435 g/mol. The molecule has 31 heavy (non-hydrogen) atoms. The number of hydrogen-bond acceptors (Lipinski definition) is 6. The lowest BCUT2D eigenvalue weighted by molar-refractivity contribution is -0.160. The number of esters is 2. The normalized spacial score (nSPS) is 14.3. The second kappa shape index (κ2) is 20.8. The van der Waals surface area contributed by atoms with E-state index in [9.17, 15) is 14.7 Å². The van der Waals surface area contributed by atoms with E-state index < -0.39 is 24.1 Å². The van der Waals surface area contributed by atoms with Gasteiger partial charge in [0, 0.05) is 13.3 Å². The molecule has 0 bridgehead atoms. The van der Waals surface area contributed by atoms with Crippen molar-refractivity contribution in [2.24, 2.45) is 0 Å². The second-order valence-corrected chi connectivity index (χ2v) is 6.90. The van der Waals surface area contributed by atoms with Crippen LogP contribution in [0.15, 0.2) is 60.8 Å². The summed E-state index contributed by atoms with van der Waals surface area (Å²) in [6, 6.07) is 0. The van der Waals surface area contributed by atoms with Crippen LogP contribution in [-0.4, -0.2) is 47.6 Å². The Bertz CT molecular complexity index is 616. The zero-order valence-electron chi connectivity index (χ0n) is 18.8. The molecule has 0 heterocycles. The van der Waals surface area contributed by atoms with Crippen molar-refractivity contribution in [3.8, 4) is 0 Å². The zero-order chi connectivity index (χ0) is 23.2. The van der Waals surface area contributed by atoms with Crippen molar-refractivity contribution in [1.82, 2.24) is 0 Å². The van der Waals surface area contributed by atoms with Crippen LogP contribution in [0, 0.1) is 0 Å². The van der Waals surface area contributed by atoms with Crippen molar-refractivity contribution < 1.29 is 29.3 Å². The summed E-state index contributed by atoms with van der Waals surface area (Å²) in [6.07, 6.45) is 23.6. The summed E-state index contributed by atoms with van der Waals surface area (Å²) in [5, 5.41) is 18.8. The Morgan fingerprint density at radius 1 is 0.968 bits per heavy atom. The quantitative estimate of drug-likeness (QED) is 0.153. The van der Waals surface area contributed by atoms with Gasteiger partial charge in [-0.3, -0.25) is 9.59 Å². The van der Waals surface area contributed by atoms with Crippen molar-refractivity contribution in [3.05, 3.63) is 60.8 Å². The molecule has 0 rings (SSSR count). The highest BCUT2D eigenvalue weighted by Gasteiger charge is 2.14. The molecule has 2 N–H and O–H groups in total. The third-order valence-corrected chi connectivity index (χ3v) is 3.96. The molecule has 2 atom stereocenters. The van der Waals surface area contributed by atoms with E-state index in [1.165, 1.54) is 6.92 Å². The van der Waals surface area contributed by atoms with Crippen molar-refractivity contribution in [1.29, 1.82) is 0 Å². The Labute approximate surface area is 186 Å². The number of carbonyl (C=O) groups is 2. The largest absolute Gasteiger partial charge is 0.462 e. The van der Waals surface area contributed by atoms with E-state index in [0.29, 0.717) is 12.8 Å². The van der Waals surface area contributed by atoms with Crippen LogP contribution in [0.3, 0.4) is 0 Å². The number of unbranched alkanes of at least 4 members (excludes halogenated alkanes) is 1. The molecule has 0 saturated carbocycles. The Hall–Kier alpha value is -2.44. The first kappa shape index (κ1) is 28.6. The summed E-state index contributed by atoms with van der Waals surface area (Å²) in [6.45, 7) is 2.79. The number of aliphatic hydroxyl groups excluding tert-OH is 2. The van der Waals surface area contributed by atoms with Gasteiger partial charge in [-0.05, 0) is 38.5 Å². The van der Waals surface area contributed by atoms with Gasteiger partial charge < -0.3 is 19.7 Å². The van der Waals surface area contributed by atoms with Gasteiger partial charge in [-0.25, -0.2) is 0 Å². The molecular formula is C25H38O6. The van der Waals surface area contributed by atoms with E-state index in [1.807, 2.05) is 49.5 Å². The van der Waals surface area contributed by atoms with Crippen LogP contribution >= 0.6 is 0 Å². The summed E-state index contributed by atoms with van der Waals surface area (Å²) in [7, 11) is 0. The third kappa shape index (κ3) is 20.6. The molecular weight excluding hydrogens is 396 g/mol. The van der Waals surface area contributed by atoms with Gasteiger partial charge in [-0.15, -0.1) is 0 Å². The first-order valence-electron chi connectivity index (χ1n) is 10.9. The summed E-state index contributed by atoms with van der Waals surface area (Å²) < 4.78 is 9.78. The number of aliphatic hydroxyl groups is 2. The Morgan fingerprint density at radius 2 is 1.65 bits per heavy atom. The van der Waals surface area contributed by atoms with Gasteiger partial charge in [0.25, 0.3) is 0 Å². The van der Waals surface area contributed by atoms with Crippen LogP contribution in [-0.2, 0) is 19.1 Å². The third-order valence-electron chi connectivity index (χ3n) is 3.96. The standard InChI is InChI=1S/C25H38O6/c1-3-4-17-23(28)18-15-13-11-9-7-5-6-8-10-12-14-16-19-25(29)31-24(20-26)21-30-22(2)27/h4-6,9-13,15,17,23-24,26,28H,3,7-8,14,16,18-21H2,1-2H3/b6-5-,11-9-,12-10-,15-13+,17-4-/t23?,24-/m0/s1. The predicted molar refractivity (Wildman–Crippen MR) is 123 cm³/mol. The molecule has 0 aromatic carbocycles. The highest BCUT2D eigenvalue weighted by Crippen LogP contribution is 2.03. The highest BCUT2D eigenvalue weighted by molar-refractivity contribution is 5.69. The minimum absolute atomic E-state index is 0.130. The number of carbonyl (C=O) groups excluding carboxylic acids is 2. The van der Waals surface area contributed by atoms with Gasteiger partial charge in [0.15, 0.2) is 6.10 Å². The summed E-state index contributed by atoms with van der Waals surface area (Å²) in [4.78, 5) is 22.4. The second-order valence-electron chi connectivity index (χ2n) is 6.90. The minimum Gasteiger partial charge on any atom is -0.462 e. The maximum absolute atomic E-state index is 11.7. The van der Waals surface area contributed by atoms with E-state index >= 15 is 0 Å². The van der Waals surface area contributed by atoms with Crippen molar-refractivity contribution in [2.75, 3.05) is 13.2 Å². The van der Waals surface area contributed by atoms with Gasteiger partial charge in [0.05, 0.1) is 12.7 Å². The fourth-order valence-electron chi connectivity index (χ4n) is 2.33. The average Bonchev–Trinajstić information content (AvgIpc) is 2.75. The minimum atomic E-state index is -0.809. The summed E-state index contributed by atoms with van der Waals surface area (Å²) >= 11 is 0. The lowest BCUT2D eigenvalue weighted by Gasteiger charge is -2.14. The molecule has 0 aromatic heterocycles. The molecule has 174 valence electrons. The lowest BCUT2D eigenvalue weighted by atomic mass is 10.2. The van der Waals surface area contributed by atoms with Crippen LogP contribution in [0.25, 0.3) is 0 Å². The number of hydrogen-bond donors (Lipinski definition) is 2. The fourth-order valence-corrected chi connectivity index (χ4v) is 2.33. The van der Waals surface area contributed by atoms with Crippen LogP contribution in [0.2, 0.25) is 0 Å². The monoisotopic (exact) mass is 434 g/mol. The van der Waals surface area contributed by atoms with Crippen LogP contribution in [0.4, 0.5) is 0 Å². The van der Waals surface area contributed by atoms with Crippen LogP contribution in [0.5, 0.6) is 0 Å². The molecule has 0 aliphatic heterocycles. The number of allylic oxidation sites excluding steroid dienone is 8.